The lowest BCUT2D eigenvalue weighted by Gasteiger charge is -2.25. The lowest BCUT2D eigenvalue weighted by Crippen LogP contribution is -2.34. The van der Waals surface area contributed by atoms with Gasteiger partial charge in [0.1, 0.15) is 17.0 Å². The van der Waals surface area contributed by atoms with Crippen molar-refractivity contribution in [2.45, 2.75) is 6.17 Å². The number of amidine groups is 2. The van der Waals surface area contributed by atoms with Gasteiger partial charge in [-0.25, -0.2) is 9.98 Å². The highest BCUT2D eigenvalue weighted by Gasteiger charge is 2.28. The molecule has 0 spiro atoms. The van der Waals surface area contributed by atoms with Crippen LogP contribution in [0.15, 0.2) is 227 Å². The van der Waals surface area contributed by atoms with Crippen LogP contribution in [-0.4, -0.2) is 20.8 Å². The minimum absolute atomic E-state index is 0.566. The zero-order valence-corrected chi connectivity index (χ0v) is 34.0. The molecule has 0 saturated heterocycles. The number of nitrogens with zero attached hydrogens (tertiary/aromatic N) is 4. The number of aromatic nitrogens is 2. The molecular formula is C57H37N5O. The highest BCUT2D eigenvalue weighted by molar-refractivity contribution is 6.17. The molecule has 3 aromatic heterocycles. The topological polar surface area (TPSA) is 59.8 Å². The van der Waals surface area contributed by atoms with Gasteiger partial charge in [-0.05, 0) is 71.8 Å². The summed E-state index contributed by atoms with van der Waals surface area (Å²) in [4.78, 5) is 11.0. The number of nitrogens with one attached hydrogen (secondary N) is 1. The molecule has 0 bridgehead atoms. The zero-order valence-electron chi connectivity index (χ0n) is 34.0. The van der Waals surface area contributed by atoms with Gasteiger partial charge in [-0.2, -0.15) is 0 Å². The summed E-state index contributed by atoms with van der Waals surface area (Å²) in [5, 5.41) is 10.7. The Bertz CT molecular complexity index is 3730. The molecule has 0 saturated carbocycles. The van der Waals surface area contributed by atoms with Gasteiger partial charge in [0.2, 0.25) is 0 Å². The molecule has 6 nitrogen and oxygen atoms in total. The molecule has 296 valence electrons. The Morgan fingerprint density at radius 3 is 1.60 bits per heavy atom. The van der Waals surface area contributed by atoms with E-state index < -0.39 is 6.17 Å². The van der Waals surface area contributed by atoms with E-state index in [9.17, 15) is 0 Å². The quantitative estimate of drug-likeness (QED) is 0.182. The number of fused-ring (bicyclic) bond motifs is 9. The average molecular weight is 808 g/mol. The Kier molecular flexibility index (Phi) is 7.87. The maximum atomic E-state index is 7.04. The largest absolute Gasteiger partial charge is 0.456 e. The van der Waals surface area contributed by atoms with E-state index >= 15 is 0 Å². The maximum absolute atomic E-state index is 7.04. The van der Waals surface area contributed by atoms with E-state index in [-0.39, 0.29) is 0 Å². The van der Waals surface area contributed by atoms with Gasteiger partial charge in [0.05, 0.1) is 27.8 Å². The van der Waals surface area contributed by atoms with Crippen molar-refractivity contribution in [1.82, 2.24) is 14.5 Å². The van der Waals surface area contributed by atoms with Crippen LogP contribution in [0.25, 0.3) is 88.1 Å². The van der Waals surface area contributed by atoms with Crippen molar-refractivity contribution in [1.29, 1.82) is 0 Å². The Morgan fingerprint density at radius 1 is 0.429 bits per heavy atom. The number of hydrogen-bond donors (Lipinski definition) is 1. The lowest BCUT2D eigenvalue weighted by molar-refractivity contribution is 0.628. The van der Waals surface area contributed by atoms with Crippen LogP contribution >= 0.6 is 0 Å². The molecule has 1 aliphatic rings. The molecule has 63 heavy (non-hydrogen) atoms. The number of furan rings is 1. The van der Waals surface area contributed by atoms with Crippen LogP contribution in [0.2, 0.25) is 0 Å². The van der Waals surface area contributed by atoms with Crippen molar-refractivity contribution in [3.05, 3.63) is 229 Å². The van der Waals surface area contributed by atoms with Gasteiger partial charge in [-0.1, -0.05) is 152 Å². The Labute approximate surface area is 362 Å². The van der Waals surface area contributed by atoms with Gasteiger partial charge in [0.25, 0.3) is 0 Å². The third-order valence-electron chi connectivity index (χ3n) is 12.6. The first-order valence-electron chi connectivity index (χ1n) is 21.4. The fraction of sp³-hybridized carbons (Fsp3) is 0.0175. The van der Waals surface area contributed by atoms with Gasteiger partial charge < -0.3 is 18.9 Å². The predicted molar refractivity (Wildman–Crippen MR) is 260 cm³/mol. The molecule has 1 atom stereocenters. The van der Waals surface area contributed by atoms with E-state index in [2.05, 4.69) is 215 Å². The zero-order chi connectivity index (χ0) is 41.4. The maximum Gasteiger partial charge on any atom is 0.161 e. The molecule has 9 aromatic carbocycles. The Balaban J connectivity index is 1.08. The van der Waals surface area contributed by atoms with Crippen molar-refractivity contribution in [2.24, 2.45) is 9.98 Å². The second-order valence-corrected chi connectivity index (χ2v) is 16.2. The van der Waals surface area contributed by atoms with E-state index in [4.69, 9.17) is 14.4 Å². The number of benzene rings is 9. The Morgan fingerprint density at radius 2 is 0.968 bits per heavy atom. The van der Waals surface area contributed by atoms with Crippen LogP contribution in [0.4, 0.5) is 0 Å². The number of hydrogen-bond acceptors (Lipinski definition) is 4. The van der Waals surface area contributed by atoms with Crippen molar-refractivity contribution in [2.75, 3.05) is 0 Å². The minimum Gasteiger partial charge on any atom is -0.456 e. The fourth-order valence-electron chi connectivity index (χ4n) is 9.74. The second kappa shape index (κ2) is 14.0. The van der Waals surface area contributed by atoms with Crippen LogP contribution in [-0.2, 0) is 0 Å². The third kappa shape index (κ3) is 5.58. The van der Waals surface area contributed by atoms with Crippen molar-refractivity contribution in [3.8, 4) is 22.5 Å². The van der Waals surface area contributed by atoms with Gasteiger partial charge >= 0.3 is 0 Å². The summed E-state index contributed by atoms with van der Waals surface area (Å²) in [6.07, 6.45) is -0.566. The van der Waals surface area contributed by atoms with Crippen LogP contribution in [0.5, 0.6) is 0 Å². The molecule has 13 rings (SSSR count). The summed E-state index contributed by atoms with van der Waals surface area (Å²) in [6, 6.07) is 74.9. The monoisotopic (exact) mass is 807 g/mol. The number of para-hydroxylation sites is 5. The summed E-state index contributed by atoms with van der Waals surface area (Å²) in [6.45, 7) is 0. The smallest absolute Gasteiger partial charge is 0.161 e. The molecule has 1 unspecified atom stereocenters. The van der Waals surface area contributed by atoms with Gasteiger partial charge in [0.15, 0.2) is 12.0 Å². The third-order valence-corrected chi connectivity index (χ3v) is 12.6. The second-order valence-electron chi connectivity index (χ2n) is 16.2. The first-order valence-corrected chi connectivity index (χ1v) is 21.4. The summed E-state index contributed by atoms with van der Waals surface area (Å²) in [5.41, 5.74) is 13.2. The van der Waals surface area contributed by atoms with Crippen LogP contribution in [0, 0.1) is 0 Å². The van der Waals surface area contributed by atoms with Crippen molar-refractivity contribution in [3.63, 3.8) is 0 Å². The molecule has 6 heteroatoms. The summed E-state index contributed by atoms with van der Waals surface area (Å²) in [5.74, 6) is 1.37. The van der Waals surface area contributed by atoms with Gasteiger partial charge in [0, 0.05) is 54.7 Å². The van der Waals surface area contributed by atoms with E-state index in [1.54, 1.807) is 0 Å². The average Bonchev–Trinajstić information content (AvgIpc) is 4.01. The van der Waals surface area contributed by atoms with Crippen LogP contribution in [0.3, 0.4) is 0 Å². The number of aliphatic imine (C=N–C) groups is 2. The van der Waals surface area contributed by atoms with Crippen LogP contribution in [0.1, 0.15) is 22.9 Å². The molecule has 12 aromatic rings. The minimum atomic E-state index is -0.566. The lowest BCUT2D eigenvalue weighted by atomic mass is 10.0. The van der Waals surface area contributed by atoms with E-state index in [1.807, 2.05) is 12.1 Å². The van der Waals surface area contributed by atoms with E-state index in [0.717, 1.165) is 89.0 Å². The highest BCUT2D eigenvalue weighted by Crippen LogP contribution is 2.41. The molecule has 1 aliphatic heterocycles. The first-order chi connectivity index (χ1) is 31.2. The van der Waals surface area contributed by atoms with Crippen molar-refractivity contribution < 1.29 is 4.42 Å². The Hall–Kier alpha value is -8.48. The van der Waals surface area contributed by atoms with E-state index in [1.165, 1.54) is 21.5 Å². The molecule has 4 heterocycles. The first kappa shape index (κ1) is 35.3. The van der Waals surface area contributed by atoms with Crippen LogP contribution < -0.4 is 5.32 Å². The summed E-state index contributed by atoms with van der Waals surface area (Å²) < 4.78 is 11.8. The van der Waals surface area contributed by atoms with E-state index in [0.29, 0.717) is 5.84 Å². The molecule has 1 N–H and O–H groups in total. The molecule has 0 amide bonds. The predicted octanol–water partition coefficient (Wildman–Crippen LogP) is 13.9. The molecule has 0 aliphatic carbocycles. The normalized spacial score (nSPS) is 14.2. The molecule has 0 radical (unpaired) electrons. The standard InChI is InChI=1S/C57H37N5O/c1-3-17-36(18-4-1)38-31-32-44-46-34-39(61-48-26-12-7-21-40(48)41-22-8-13-27-49(41)61)35-47(54(46)63-53(44)33-38)57-59-55(37-19-5-2-6-20-37)58-56(60-57)45-25-11-16-30-52(45)62-50-28-14-9-23-42(50)43-24-10-15-29-51(43)62/h1-35,57H,(H,58,59,60). The summed E-state index contributed by atoms with van der Waals surface area (Å²) in [7, 11) is 0. The molecular weight excluding hydrogens is 771 g/mol. The van der Waals surface area contributed by atoms with Gasteiger partial charge in [-0.3, -0.25) is 0 Å². The molecule has 0 fully saturated rings. The SMILES string of the molecule is c1ccc(C2=NC(c3ccccc3-n3c4ccccc4c4ccccc43)=NC(c3cc(-n4c5ccccc5c5ccccc54)cc4c3oc3cc(-c5ccccc5)ccc34)N2)cc1. The van der Waals surface area contributed by atoms with Gasteiger partial charge in [-0.15, -0.1) is 0 Å². The van der Waals surface area contributed by atoms with Crippen molar-refractivity contribution >= 4 is 77.2 Å². The summed E-state index contributed by atoms with van der Waals surface area (Å²) >= 11 is 0. The fourth-order valence-corrected chi connectivity index (χ4v) is 9.74. The number of rotatable bonds is 6. The highest BCUT2D eigenvalue weighted by atomic mass is 16.3.